The minimum Gasteiger partial charge on any atom is -0.369 e. The number of thioether (sulfide) groups is 1. The van der Waals surface area contributed by atoms with Crippen molar-refractivity contribution in [1.29, 1.82) is 0 Å². The first kappa shape index (κ1) is 14.4. The molecule has 1 aliphatic rings. The van der Waals surface area contributed by atoms with Crippen molar-refractivity contribution in [1.82, 2.24) is 9.97 Å². The highest BCUT2D eigenvalue weighted by molar-refractivity contribution is 7.98. The molecule has 2 heterocycles. The first-order valence-corrected chi connectivity index (χ1v) is 8.84. The van der Waals surface area contributed by atoms with Crippen LogP contribution in [0.4, 0.5) is 11.6 Å². The number of sulfone groups is 1. The highest BCUT2D eigenvalue weighted by Crippen LogP contribution is 2.21. The summed E-state index contributed by atoms with van der Waals surface area (Å²) in [6, 6.07) is 1.65. The molecule has 1 unspecified atom stereocenters. The summed E-state index contributed by atoms with van der Waals surface area (Å²) in [7, 11) is -2.94. The van der Waals surface area contributed by atoms with E-state index in [9.17, 15) is 8.42 Å². The lowest BCUT2D eigenvalue weighted by atomic mass is 10.2. The molecule has 0 amide bonds. The van der Waals surface area contributed by atoms with Gasteiger partial charge in [0.25, 0.3) is 0 Å². The zero-order valence-electron chi connectivity index (χ0n) is 10.6. The molecule has 0 aromatic carbocycles. The van der Waals surface area contributed by atoms with Crippen molar-refractivity contribution in [3.63, 3.8) is 0 Å². The summed E-state index contributed by atoms with van der Waals surface area (Å²) in [5.41, 5.74) is 2.46. The van der Waals surface area contributed by atoms with E-state index in [1.54, 1.807) is 6.07 Å². The minimum absolute atomic E-state index is 0.286. The maximum Gasteiger partial charge on any atom is 0.191 e. The van der Waals surface area contributed by atoms with Gasteiger partial charge in [-0.25, -0.2) is 24.2 Å². The average molecular weight is 303 g/mol. The van der Waals surface area contributed by atoms with Crippen molar-refractivity contribution < 1.29 is 8.42 Å². The minimum atomic E-state index is -2.94. The van der Waals surface area contributed by atoms with Gasteiger partial charge in [0.2, 0.25) is 0 Å². The first-order chi connectivity index (χ1) is 9.05. The fourth-order valence-corrected chi connectivity index (χ4v) is 4.13. The molecule has 1 fully saturated rings. The summed E-state index contributed by atoms with van der Waals surface area (Å²) in [6.45, 7) is 0.372. The molecular weight excluding hydrogens is 286 g/mol. The van der Waals surface area contributed by atoms with E-state index in [-0.39, 0.29) is 11.0 Å². The summed E-state index contributed by atoms with van der Waals surface area (Å²) >= 11 is 1.39. The van der Waals surface area contributed by atoms with Crippen LogP contribution in [0.25, 0.3) is 0 Å². The number of nitrogens with one attached hydrogen (secondary N) is 2. The van der Waals surface area contributed by atoms with Crippen LogP contribution in [0.1, 0.15) is 12.8 Å². The van der Waals surface area contributed by atoms with E-state index in [4.69, 9.17) is 5.84 Å². The van der Waals surface area contributed by atoms with Gasteiger partial charge in [0.05, 0.1) is 11.0 Å². The van der Waals surface area contributed by atoms with E-state index in [1.807, 2.05) is 6.26 Å². The Hall–Kier alpha value is -1.06. The fourth-order valence-electron chi connectivity index (χ4n) is 1.99. The number of nitrogens with zero attached hydrogens (tertiary/aromatic N) is 2. The number of hydrogen-bond acceptors (Lipinski definition) is 8. The monoisotopic (exact) mass is 303 g/mol. The van der Waals surface area contributed by atoms with Gasteiger partial charge in [-0.2, -0.15) is 0 Å². The van der Waals surface area contributed by atoms with Gasteiger partial charge in [0.1, 0.15) is 11.6 Å². The standard InChI is InChI=1S/C10H17N5O2S2/c1-18-10-13-8(5-9(14-10)15-11)12-6-7-3-2-4-19(7,16)17/h5,7H,2-4,6,11H2,1H3,(H2,12,13,14,15). The summed E-state index contributed by atoms with van der Waals surface area (Å²) in [5.74, 6) is 6.69. The van der Waals surface area contributed by atoms with Crippen LogP contribution in [0.3, 0.4) is 0 Å². The van der Waals surface area contributed by atoms with Gasteiger partial charge < -0.3 is 10.7 Å². The molecule has 4 N–H and O–H groups in total. The highest BCUT2D eigenvalue weighted by atomic mass is 32.2. The molecule has 1 aliphatic heterocycles. The Morgan fingerprint density at radius 3 is 2.79 bits per heavy atom. The Morgan fingerprint density at radius 2 is 2.21 bits per heavy atom. The molecule has 0 saturated carbocycles. The van der Waals surface area contributed by atoms with Crippen LogP contribution >= 0.6 is 11.8 Å². The third kappa shape index (κ3) is 3.48. The molecule has 1 atom stereocenters. The van der Waals surface area contributed by atoms with Gasteiger partial charge in [-0.3, -0.25) is 0 Å². The lowest BCUT2D eigenvalue weighted by Gasteiger charge is -2.12. The lowest BCUT2D eigenvalue weighted by Crippen LogP contribution is -2.25. The second-order valence-corrected chi connectivity index (χ2v) is 7.46. The zero-order valence-corrected chi connectivity index (χ0v) is 12.2. The maximum absolute atomic E-state index is 11.7. The molecule has 19 heavy (non-hydrogen) atoms. The van der Waals surface area contributed by atoms with Crippen LogP contribution in [0.2, 0.25) is 0 Å². The third-order valence-corrected chi connectivity index (χ3v) is 5.83. The molecule has 1 aromatic rings. The van der Waals surface area contributed by atoms with Crippen LogP contribution in [-0.2, 0) is 9.84 Å². The predicted octanol–water partition coefficient (Wildman–Crippen LogP) is 0.473. The van der Waals surface area contributed by atoms with Crippen molar-refractivity contribution in [2.45, 2.75) is 23.2 Å². The number of aromatic nitrogens is 2. The molecule has 2 rings (SSSR count). The Balaban J connectivity index is 2.07. The van der Waals surface area contributed by atoms with E-state index in [0.717, 1.165) is 6.42 Å². The maximum atomic E-state index is 11.7. The quantitative estimate of drug-likeness (QED) is 0.312. The number of hydrogen-bond donors (Lipinski definition) is 3. The Bertz CT molecular complexity index is 527. The molecule has 106 valence electrons. The van der Waals surface area contributed by atoms with Crippen molar-refractivity contribution >= 4 is 33.2 Å². The number of rotatable bonds is 5. The van der Waals surface area contributed by atoms with Crippen LogP contribution in [0.15, 0.2) is 11.2 Å². The average Bonchev–Trinajstić information content (AvgIpc) is 2.74. The normalized spacial score (nSPS) is 21.3. The molecule has 0 aliphatic carbocycles. The number of anilines is 2. The SMILES string of the molecule is CSc1nc(NN)cc(NCC2CCCS2(=O)=O)n1. The summed E-state index contributed by atoms with van der Waals surface area (Å²) in [5, 5.41) is 3.30. The van der Waals surface area contributed by atoms with Gasteiger partial charge in [-0.1, -0.05) is 11.8 Å². The van der Waals surface area contributed by atoms with E-state index >= 15 is 0 Å². The molecule has 1 aromatic heterocycles. The van der Waals surface area contributed by atoms with Crippen LogP contribution < -0.4 is 16.6 Å². The summed E-state index contributed by atoms with van der Waals surface area (Å²) in [4.78, 5) is 8.40. The molecule has 0 radical (unpaired) electrons. The molecule has 9 heteroatoms. The second-order valence-electron chi connectivity index (χ2n) is 4.28. The van der Waals surface area contributed by atoms with E-state index in [1.165, 1.54) is 11.8 Å². The smallest absolute Gasteiger partial charge is 0.191 e. The van der Waals surface area contributed by atoms with Gasteiger partial charge >= 0.3 is 0 Å². The zero-order chi connectivity index (χ0) is 13.9. The summed E-state index contributed by atoms with van der Waals surface area (Å²) in [6.07, 6.45) is 3.31. The van der Waals surface area contributed by atoms with Crippen LogP contribution in [0, 0.1) is 0 Å². The van der Waals surface area contributed by atoms with E-state index in [2.05, 4.69) is 20.7 Å². The van der Waals surface area contributed by atoms with Gasteiger partial charge in [-0.15, -0.1) is 0 Å². The summed E-state index contributed by atoms with van der Waals surface area (Å²) < 4.78 is 23.4. The topological polar surface area (TPSA) is 110 Å². The first-order valence-electron chi connectivity index (χ1n) is 5.90. The lowest BCUT2D eigenvalue weighted by molar-refractivity contribution is 0.591. The molecule has 7 nitrogen and oxygen atoms in total. The molecule has 0 spiro atoms. The van der Waals surface area contributed by atoms with Gasteiger partial charge in [0.15, 0.2) is 15.0 Å². The Kier molecular flexibility index (Phi) is 4.48. The second kappa shape index (κ2) is 5.93. The third-order valence-electron chi connectivity index (χ3n) is 3.01. The molecular formula is C10H17N5O2S2. The largest absolute Gasteiger partial charge is 0.369 e. The van der Waals surface area contributed by atoms with Crippen molar-refractivity contribution in [2.75, 3.05) is 29.3 Å². The Morgan fingerprint density at radius 1 is 1.47 bits per heavy atom. The highest BCUT2D eigenvalue weighted by Gasteiger charge is 2.30. The van der Waals surface area contributed by atoms with E-state index in [0.29, 0.717) is 29.8 Å². The van der Waals surface area contributed by atoms with E-state index < -0.39 is 9.84 Å². The van der Waals surface area contributed by atoms with Gasteiger partial charge in [-0.05, 0) is 19.1 Å². The van der Waals surface area contributed by atoms with Crippen molar-refractivity contribution in [3.05, 3.63) is 6.07 Å². The molecule has 1 saturated heterocycles. The van der Waals surface area contributed by atoms with Gasteiger partial charge in [0, 0.05) is 12.6 Å². The van der Waals surface area contributed by atoms with Crippen molar-refractivity contribution in [2.24, 2.45) is 5.84 Å². The fraction of sp³-hybridized carbons (Fsp3) is 0.600. The number of nitrogens with two attached hydrogens (primary N) is 1. The van der Waals surface area contributed by atoms with Crippen molar-refractivity contribution in [3.8, 4) is 0 Å². The predicted molar refractivity (Wildman–Crippen MR) is 76.9 cm³/mol. The van der Waals surface area contributed by atoms with Crippen LogP contribution in [-0.4, -0.2) is 42.2 Å². The molecule has 0 bridgehead atoms. The van der Waals surface area contributed by atoms with Crippen LogP contribution in [0.5, 0.6) is 0 Å². The number of nitrogen functional groups attached to an aromatic ring is 1. The number of hydrazine groups is 1. The Labute approximate surface area is 116 Å².